The van der Waals surface area contributed by atoms with E-state index in [0.29, 0.717) is 24.0 Å². The van der Waals surface area contributed by atoms with Crippen LogP contribution < -0.4 is 20.5 Å². The van der Waals surface area contributed by atoms with E-state index in [9.17, 15) is 4.79 Å². The van der Waals surface area contributed by atoms with Crippen LogP contribution in [0, 0.1) is 5.92 Å². The van der Waals surface area contributed by atoms with Crippen molar-refractivity contribution in [2.45, 2.75) is 18.9 Å². The fraction of sp³-hybridized carbons (Fsp3) is 0.500. The van der Waals surface area contributed by atoms with Gasteiger partial charge in [-0.05, 0) is 30.9 Å². The zero-order valence-electron chi connectivity index (χ0n) is 11.5. The largest absolute Gasteiger partial charge is 0.497 e. The molecule has 0 saturated heterocycles. The predicted octanol–water partition coefficient (Wildman–Crippen LogP) is 1.35. The Kier molecular flexibility index (Phi) is 6.61. The monoisotopic (exact) mass is 300 g/mol. The highest BCUT2D eigenvalue weighted by atomic mass is 35.5. The summed E-state index contributed by atoms with van der Waals surface area (Å²) in [6, 6.07) is 7.26. The predicted molar refractivity (Wildman–Crippen MR) is 79.4 cm³/mol. The number of carbonyl (C=O) groups is 1. The maximum Gasteiger partial charge on any atom is 0.258 e. The van der Waals surface area contributed by atoms with E-state index in [1.165, 1.54) is 0 Å². The van der Waals surface area contributed by atoms with E-state index < -0.39 is 0 Å². The number of hydrogen-bond donors (Lipinski definition) is 2. The number of halogens is 1. The van der Waals surface area contributed by atoms with Crippen molar-refractivity contribution in [2.24, 2.45) is 11.7 Å². The average Bonchev–Trinajstić information content (AvgIpc) is 3.27. The first kappa shape index (κ1) is 16.6. The quantitative estimate of drug-likeness (QED) is 0.797. The summed E-state index contributed by atoms with van der Waals surface area (Å²) < 4.78 is 10.5. The van der Waals surface area contributed by atoms with Crippen molar-refractivity contribution in [3.8, 4) is 11.5 Å². The standard InChI is InChI=1S/C14H20N2O3.ClH/c1-18-11-3-2-4-12(7-11)19-9-14(17)16-13(8-15)10-5-6-10;/h2-4,7,10,13H,5-6,8-9,15H2,1H3,(H,16,17);1H. The second-order valence-electron chi connectivity index (χ2n) is 4.71. The van der Waals surface area contributed by atoms with Crippen molar-refractivity contribution in [3.63, 3.8) is 0 Å². The number of hydrogen-bond acceptors (Lipinski definition) is 4. The van der Waals surface area contributed by atoms with Crippen molar-refractivity contribution in [1.82, 2.24) is 5.32 Å². The van der Waals surface area contributed by atoms with E-state index >= 15 is 0 Å². The van der Waals surface area contributed by atoms with Gasteiger partial charge < -0.3 is 20.5 Å². The van der Waals surface area contributed by atoms with E-state index in [0.717, 1.165) is 12.8 Å². The van der Waals surface area contributed by atoms with Crippen molar-refractivity contribution in [2.75, 3.05) is 20.3 Å². The minimum Gasteiger partial charge on any atom is -0.497 e. The molecule has 0 bridgehead atoms. The smallest absolute Gasteiger partial charge is 0.258 e. The van der Waals surface area contributed by atoms with Crippen LogP contribution >= 0.6 is 12.4 Å². The Morgan fingerprint density at radius 1 is 1.45 bits per heavy atom. The molecule has 0 spiro atoms. The molecule has 0 heterocycles. The lowest BCUT2D eigenvalue weighted by atomic mass is 10.2. The summed E-state index contributed by atoms with van der Waals surface area (Å²) >= 11 is 0. The molecule has 1 saturated carbocycles. The van der Waals surface area contributed by atoms with E-state index in [-0.39, 0.29) is 31.0 Å². The van der Waals surface area contributed by atoms with Crippen molar-refractivity contribution in [3.05, 3.63) is 24.3 Å². The lowest BCUT2D eigenvalue weighted by Gasteiger charge is -2.16. The Morgan fingerprint density at radius 3 is 2.75 bits per heavy atom. The van der Waals surface area contributed by atoms with E-state index in [1.54, 1.807) is 19.2 Å². The Morgan fingerprint density at radius 2 is 2.15 bits per heavy atom. The van der Waals surface area contributed by atoms with E-state index in [1.807, 2.05) is 12.1 Å². The fourth-order valence-corrected chi connectivity index (χ4v) is 1.96. The lowest BCUT2D eigenvalue weighted by molar-refractivity contribution is -0.123. The van der Waals surface area contributed by atoms with Gasteiger partial charge in [0, 0.05) is 18.7 Å². The number of nitrogens with two attached hydrogens (primary N) is 1. The Bertz CT molecular complexity index is 438. The molecule has 1 amide bonds. The molecule has 0 aromatic heterocycles. The van der Waals surface area contributed by atoms with E-state index in [4.69, 9.17) is 15.2 Å². The molecule has 112 valence electrons. The van der Waals surface area contributed by atoms with Gasteiger partial charge in [-0.2, -0.15) is 0 Å². The van der Waals surface area contributed by atoms with E-state index in [2.05, 4.69) is 5.32 Å². The molecule has 1 aliphatic carbocycles. The lowest BCUT2D eigenvalue weighted by Crippen LogP contribution is -2.43. The number of ether oxygens (including phenoxy) is 2. The first-order valence-electron chi connectivity index (χ1n) is 6.49. The van der Waals surface area contributed by atoms with Gasteiger partial charge >= 0.3 is 0 Å². The summed E-state index contributed by atoms with van der Waals surface area (Å²) in [5, 5.41) is 2.91. The maximum atomic E-state index is 11.7. The van der Waals surface area contributed by atoms with Gasteiger partial charge in [-0.3, -0.25) is 4.79 Å². The molecule has 6 heteroatoms. The van der Waals surface area contributed by atoms with Crippen LogP contribution in [0.2, 0.25) is 0 Å². The maximum absolute atomic E-state index is 11.7. The highest BCUT2D eigenvalue weighted by Gasteiger charge is 2.31. The van der Waals surface area contributed by atoms with Crippen LogP contribution in [0.4, 0.5) is 0 Å². The minimum atomic E-state index is -0.134. The molecule has 2 rings (SSSR count). The molecule has 3 N–H and O–H groups in total. The molecule has 1 aliphatic rings. The average molecular weight is 301 g/mol. The molecule has 1 aromatic rings. The Labute approximate surface area is 125 Å². The first-order valence-corrected chi connectivity index (χ1v) is 6.49. The third kappa shape index (κ3) is 4.90. The molecule has 1 fully saturated rings. The SMILES string of the molecule is COc1cccc(OCC(=O)NC(CN)C2CC2)c1.Cl. The van der Waals surface area contributed by atoms with Crippen LogP contribution in [0.15, 0.2) is 24.3 Å². The summed E-state index contributed by atoms with van der Waals surface area (Å²) in [6.07, 6.45) is 2.30. The molecule has 1 aromatic carbocycles. The molecule has 5 nitrogen and oxygen atoms in total. The van der Waals surface area contributed by atoms with Crippen molar-refractivity contribution >= 4 is 18.3 Å². The highest BCUT2D eigenvalue weighted by molar-refractivity contribution is 5.85. The van der Waals surface area contributed by atoms with Gasteiger partial charge in [0.25, 0.3) is 5.91 Å². The van der Waals surface area contributed by atoms with Crippen LogP contribution in [-0.2, 0) is 4.79 Å². The third-order valence-electron chi connectivity index (χ3n) is 3.20. The van der Waals surface area contributed by atoms with Crippen molar-refractivity contribution in [1.29, 1.82) is 0 Å². The fourth-order valence-electron chi connectivity index (χ4n) is 1.96. The Hall–Kier alpha value is -1.46. The number of amides is 1. The van der Waals surface area contributed by atoms with Crippen LogP contribution in [0.25, 0.3) is 0 Å². The highest BCUT2D eigenvalue weighted by Crippen LogP contribution is 2.32. The number of benzene rings is 1. The summed E-state index contributed by atoms with van der Waals surface area (Å²) in [5.74, 6) is 1.73. The van der Waals surface area contributed by atoms with Crippen molar-refractivity contribution < 1.29 is 14.3 Å². The number of rotatable bonds is 7. The van der Waals surface area contributed by atoms with Gasteiger partial charge in [0.05, 0.1) is 7.11 Å². The van der Waals surface area contributed by atoms with Gasteiger partial charge in [0.1, 0.15) is 11.5 Å². The summed E-state index contributed by atoms with van der Waals surface area (Å²) in [4.78, 5) is 11.7. The molecule has 1 unspecified atom stereocenters. The summed E-state index contributed by atoms with van der Waals surface area (Å²) in [5.41, 5.74) is 5.64. The first-order chi connectivity index (χ1) is 9.22. The zero-order valence-corrected chi connectivity index (χ0v) is 12.3. The molecule has 0 aliphatic heterocycles. The molecule has 0 radical (unpaired) electrons. The number of methoxy groups -OCH3 is 1. The van der Waals surface area contributed by atoms with Gasteiger partial charge in [-0.15, -0.1) is 12.4 Å². The molecular formula is C14H21ClN2O3. The van der Waals surface area contributed by atoms with Crippen LogP contribution in [0.3, 0.4) is 0 Å². The van der Waals surface area contributed by atoms with Crippen LogP contribution in [0.1, 0.15) is 12.8 Å². The number of carbonyl (C=O) groups excluding carboxylic acids is 1. The second kappa shape index (κ2) is 7.97. The Balaban J connectivity index is 0.00000200. The normalized spacial score (nSPS) is 14.9. The minimum absolute atomic E-state index is 0. The van der Waals surface area contributed by atoms with Gasteiger partial charge in [0.15, 0.2) is 6.61 Å². The topological polar surface area (TPSA) is 73.6 Å². The van der Waals surface area contributed by atoms with Gasteiger partial charge in [-0.1, -0.05) is 6.07 Å². The van der Waals surface area contributed by atoms with Crippen LogP contribution in [-0.4, -0.2) is 32.2 Å². The summed E-state index contributed by atoms with van der Waals surface area (Å²) in [6.45, 7) is 0.478. The summed E-state index contributed by atoms with van der Waals surface area (Å²) in [7, 11) is 1.59. The second-order valence-corrected chi connectivity index (χ2v) is 4.71. The molecule has 20 heavy (non-hydrogen) atoms. The molecule has 1 atom stereocenters. The number of nitrogens with one attached hydrogen (secondary N) is 1. The molecular weight excluding hydrogens is 280 g/mol. The van der Waals surface area contributed by atoms with Crippen LogP contribution in [0.5, 0.6) is 11.5 Å². The van der Waals surface area contributed by atoms with Gasteiger partial charge in [-0.25, -0.2) is 0 Å². The zero-order chi connectivity index (χ0) is 13.7. The van der Waals surface area contributed by atoms with Gasteiger partial charge in [0.2, 0.25) is 0 Å². The third-order valence-corrected chi connectivity index (χ3v) is 3.20.